The van der Waals surface area contributed by atoms with Crippen LogP contribution in [0.2, 0.25) is 0 Å². The molecular weight excluding hydrogens is 198 g/mol. The van der Waals surface area contributed by atoms with Crippen molar-refractivity contribution in [2.45, 2.75) is 44.7 Å². The van der Waals surface area contributed by atoms with Gasteiger partial charge in [0.05, 0.1) is 0 Å². The Labute approximate surface area is 100 Å². The van der Waals surface area contributed by atoms with Crippen LogP contribution in [0.25, 0.3) is 0 Å². The monoisotopic (exact) mass is 225 g/mol. The molecule has 3 heteroatoms. The van der Waals surface area contributed by atoms with Gasteiger partial charge in [-0.05, 0) is 45.8 Å². The number of likely N-dealkylation sites (N-methyl/N-ethyl adjacent to an activating group) is 1. The van der Waals surface area contributed by atoms with E-state index in [1.807, 2.05) is 0 Å². The number of hydrogen-bond acceptors (Lipinski definition) is 3. The summed E-state index contributed by atoms with van der Waals surface area (Å²) in [7, 11) is 2.28. The maximum atomic E-state index is 3.63. The fourth-order valence-corrected chi connectivity index (χ4v) is 2.55. The first-order valence-corrected chi connectivity index (χ1v) is 6.95. The van der Waals surface area contributed by atoms with Gasteiger partial charge in [0.15, 0.2) is 0 Å². The van der Waals surface area contributed by atoms with Crippen molar-refractivity contribution in [3.05, 3.63) is 0 Å². The van der Waals surface area contributed by atoms with E-state index in [0.717, 1.165) is 12.1 Å². The Hall–Kier alpha value is -0.120. The molecule has 2 rings (SSSR count). The van der Waals surface area contributed by atoms with Crippen molar-refractivity contribution in [3.8, 4) is 0 Å². The van der Waals surface area contributed by atoms with E-state index in [9.17, 15) is 0 Å². The molecule has 1 unspecified atom stereocenters. The third-order valence-corrected chi connectivity index (χ3v) is 3.89. The number of likely N-dealkylation sites (tertiary alicyclic amines) is 1. The molecule has 16 heavy (non-hydrogen) atoms. The molecule has 0 spiro atoms. The smallest absolute Gasteiger partial charge is 0.0207 e. The summed E-state index contributed by atoms with van der Waals surface area (Å²) in [5.74, 6) is 0. The van der Waals surface area contributed by atoms with Gasteiger partial charge < -0.3 is 15.1 Å². The third kappa shape index (κ3) is 3.72. The molecule has 2 aliphatic rings. The summed E-state index contributed by atoms with van der Waals surface area (Å²) >= 11 is 0. The molecule has 1 heterocycles. The van der Waals surface area contributed by atoms with Crippen LogP contribution in [0, 0.1) is 0 Å². The lowest BCUT2D eigenvalue weighted by molar-refractivity contribution is 0.247. The first-order chi connectivity index (χ1) is 7.79. The quantitative estimate of drug-likeness (QED) is 0.701. The highest BCUT2D eigenvalue weighted by Crippen LogP contribution is 2.25. The van der Waals surface area contributed by atoms with Crippen molar-refractivity contribution in [1.82, 2.24) is 15.1 Å². The van der Waals surface area contributed by atoms with Crippen LogP contribution < -0.4 is 5.32 Å². The minimum atomic E-state index is 0.756. The minimum absolute atomic E-state index is 0.756. The van der Waals surface area contributed by atoms with E-state index in [-0.39, 0.29) is 0 Å². The summed E-state index contributed by atoms with van der Waals surface area (Å²) in [4.78, 5) is 5.15. The third-order valence-electron chi connectivity index (χ3n) is 3.89. The maximum Gasteiger partial charge on any atom is 0.0207 e. The van der Waals surface area contributed by atoms with E-state index >= 15 is 0 Å². The van der Waals surface area contributed by atoms with Crippen LogP contribution in [-0.4, -0.2) is 61.7 Å². The van der Waals surface area contributed by atoms with Crippen LogP contribution in [-0.2, 0) is 0 Å². The summed E-state index contributed by atoms with van der Waals surface area (Å²) in [6.45, 7) is 8.49. The number of hydrogen-bond donors (Lipinski definition) is 1. The number of rotatable bonds is 7. The second-order valence-corrected chi connectivity index (χ2v) is 5.45. The molecule has 1 atom stereocenters. The van der Waals surface area contributed by atoms with Gasteiger partial charge in [-0.15, -0.1) is 0 Å². The predicted molar refractivity (Wildman–Crippen MR) is 68.8 cm³/mol. The molecule has 2 fully saturated rings. The Morgan fingerprint density at radius 3 is 2.81 bits per heavy atom. The zero-order valence-corrected chi connectivity index (χ0v) is 10.9. The largest absolute Gasteiger partial charge is 0.313 e. The Balaban J connectivity index is 1.57. The van der Waals surface area contributed by atoms with Crippen molar-refractivity contribution in [1.29, 1.82) is 0 Å². The lowest BCUT2D eigenvalue weighted by atomic mass is 10.2. The van der Waals surface area contributed by atoms with Crippen molar-refractivity contribution in [2.24, 2.45) is 0 Å². The van der Waals surface area contributed by atoms with Crippen LogP contribution in [0.15, 0.2) is 0 Å². The van der Waals surface area contributed by atoms with Gasteiger partial charge in [-0.1, -0.05) is 6.92 Å². The fourth-order valence-electron chi connectivity index (χ4n) is 2.55. The SMILES string of the molecule is CCCNC1CCN(CCN(C)C2CC2)C1. The second kappa shape index (κ2) is 5.99. The van der Waals surface area contributed by atoms with Crippen LogP contribution in [0.3, 0.4) is 0 Å². The Bertz CT molecular complexity index is 203. The highest BCUT2D eigenvalue weighted by Gasteiger charge is 2.27. The summed E-state index contributed by atoms with van der Waals surface area (Å²) in [6, 6.07) is 1.67. The molecule has 0 aromatic carbocycles. The molecule has 1 aliphatic heterocycles. The van der Waals surface area contributed by atoms with Gasteiger partial charge in [-0.25, -0.2) is 0 Å². The number of nitrogens with one attached hydrogen (secondary N) is 1. The summed E-state index contributed by atoms with van der Waals surface area (Å²) in [5.41, 5.74) is 0. The van der Waals surface area contributed by atoms with E-state index < -0.39 is 0 Å². The Kier molecular flexibility index (Phi) is 4.62. The lowest BCUT2D eigenvalue weighted by Gasteiger charge is -2.21. The van der Waals surface area contributed by atoms with Gasteiger partial charge in [-0.2, -0.15) is 0 Å². The molecule has 0 aromatic heterocycles. The van der Waals surface area contributed by atoms with Gasteiger partial charge in [0.25, 0.3) is 0 Å². The standard InChI is InChI=1S/C13H27N3/c1-3-7-14-12-6-8-16(11-12)10-9-15(2)13-4-5-13/h12-14H,3-11H2,1-2H3. The highest BCUT2D eigenvalue weighted by atomic mass is 15.2. The molecule has 1 N–H and O–H groups in total. The number of nitrogens with zero attached hydrogens (tertiary/aromatic N) is 2. The summed E-state index contributed by atoms with van der Waals surface area (Å²) in [5, 5.41) is 3.63. The molecule has 1 aliphatic carbocycles. The van der Waals surface area contributed by atoms with Crippen LogP contribution >= 0.6 is 0 Å². The molecule has 3 nitrogen and oxygen atoms in total. The van der Waals surface area contributed by atoms with Gasteiger partial charge >= 0.3 is 0 Å². The Morgan fingerprint density at radius 1 is 1.31 bits per heavy atom. The van der Waals surface area contributed by atoms with Gasteiger partial charge in [0, 0.05) is 31.7 Å². The molecule has 0 radical (unpaired) electrons. The first-order valence-electron chi connectivity index (χ1n) is 6.95. The van der Waals surface area contributed by atoms with Crippen LogP contribution in [0.1, 0.15) is 32.6 Å². The normalized spacial score (nSPS) is 26.8. The molecule has 0 amide bonds. The van der Waals surface area contributed by atoms with Crippen LogP contribution in [0.4, 0.5) is 0 Å². The molecule has 0 aromatic rings. The summed E-state index contributed by atoms with van der Waals surface area (Å²) < 4.78 is 0. The molecule has 94 valence electrons. The van der Waals surface area contributed by atoms with Crippen molar-refractivity contribution >= 4 is 0 Å². The van der Waals surface area contributed by atoms with E-state index in [0.29, 0.717) is 0 Å². The van der Waals surface area contributed by atoms with Gasteiger partial charge in [0.1, 0.15) is 0 Å². The first kappa shape index (κ1) is 12.3. The van der Waals surface area contributed by atoms with E-state index in [1.54, 1.807) is 0 Å². The highest BCUT2D eigenvalue weighted by molar-refractivity contribution is 4.85. The molecular formula is C13H27N3. The Morgan fingerprint density at radius 2 is 2.12 bits per heavy atom. The van der Waals surface area contributed by atoms with Crippen molar-refractivity contribution < 1.29 is 0 Å². The molecule has 0 bridgehead atoms. The molecule has 1 saturated heterocycles. The van der Waals surface area contributed by atoms with E-state index in [1.165, 1.54) is 58.4 Å². The second-order valence-electron chi connectivity index (χ2n) is 5.45. The van der Waals surface area contributed by atoms with Crippen LogP contribution in [0.5, 0.6) is 0 Å². The topological polar surface area (TPSA) is 18.5 Å². The van der Waals surface area contributed by atoms with Crippen molar-refractivity contribution in [3.63, 3.8) is 0 Å². The van der Waals surface area contributed by atoms with Gasteiger partial charge in [-0.3, -0.25) is 0 Å². The zero-order valence-electron chi connectivity index (χ0n) is 10.9. The van der Waals surface area contributed by atoms with E-state index in [2.05, 4.69) is 29.1 Å². The average molecular weight is 225 g/mol. The summed E-state index contributed by atoms with van der Waals surface area (Å²) in [6.07, 6.45) is 5.45. The lowest BCUT2D eigenvalue weighted by Crippen LogP contribution is -2.36. The maximum absolute atomic E-state index is 3.63. The average Bonchev–Trinajstić information content (AvgIpc) is 3.04. The minimum Gasteiger partial charge on any atom is -0.313 e. The van der Waals surface area contributed by atoms with E-state index in [4.69, 9.17) is 0 Å². The van der Waals surface area contributed by atoms with Crippen molar-refractivity contribution in [2.75, 3.05) is 39.8 Å². The molecule has 1 saturated carbocycles. The fraction of sp³-hybridized carbons (Fsp3) is 1.00. The predicted octanol–water partition coefficient (Wildman–Crippen LogP) is 1.15. The zero-order chi connectivity index (χ0) is 11.4. The van der Waals surface area contributed by atoms with Gasteiger partial charge in [0.2, 0.25) is 0 Å².